The van der Waals surface area contributed by atoms with Gasteiger partial charge in [-0.2, -0.15) is 4.98 Å². The highest BCUT2D eigenvalue weighted by atomic mass is 35.5. The number of hydrogen-bond donors (Lipinski definition) is 2. The smallest absolute Gasteiger partial charge is 0.337 e. The highest BCUT2D eigenvalue weighted by Gasteiger charge is 2.11. The number of ether oxygens (including phenoxy) is 2. The zero-order valence-corrected chi connectivity index (χ0v) is 16.4. The van der Waals surface area contributed by atoms with E-state index >= 15 is 0 Å². The van der Waals surface area contributed by atoms with Crippen molar-refractivity contribution in [1.29, 1.82) is 0 Å². The Morgan fingerprint density at radius 2 is 1.75 bits per heavy atom. The number of aromatic nitrogens is 2. The number of hydrogen-bond acceptors (Lipinski definition) is 7. The number of anilines is 4. The number of nitrogens with one attached hydrogen (secondary N) is 2. The molecule has 0 fully saturated rings. The standard InChI is InChI=1S/C20H19ClN4O3/c1-12-10-18(24-17-11-13(19(26)28-3)4-9-16(17)21)25-20(22-12)23-14-5-7-15(27-2)8-6-14/h4-11H,1-3H3,(H2,22,23,24,25). The number of nitrogens with zero attached hydrogens (tertiary/aromatic N) is 2. The van der Waals surface area contributed by atoms with E-state index in [1.807, 2.05) is 31.2 Å². The van der Waals surface area contributed by atoms with Gasteiger partial charge >= 0.3 is 5.97 Å². The molecule has 1 heterocycles. The van der Waals surface area contributed by atoms with Gasteiger partial charge in [0.05, 0.1) is 30.5 Å². The van der Waals surface area contributed by atoms with Crippen LogP contribution in [0.3, 0.4) is 0 Å². The quantitative estimate of drug-likeness (QED) is 0.581. The molecule has 0 amide bonds. The number of carbonyl (C=O) groups is 1. The van der Waals surface area contributed by atoms with Gasteiger partial charge in [-0.3, -0.25) is 0 Å². The second-order valence-electron chi connectivity index (χ2n) is 5.88. The van der Waals surface area contributed by atoms with Crippen LogP contribution in [0.2, 0.25) is 5.02 Å². The summed E-state index contributed by atoms with van der Waals surface area (Å²) in [6.45, 7) is 1.86. The van der Waals surface area contributed by atoms with Crippen molar-refractivity contribution in [2.45, 2.75) is 6.92 Å². The van der Waals surface area contributed by atoms with Crippen molar-refractivity contribution in [1.82, 2.24) is 9.97 Å². The molecule has 7 nitrogen and oxygen atoms in total. The predicted octanol–water partition coefficient (Wildman–Crippen LogP) is 4.72. The molecule has 0 atom stereocenters. The number of rotatable bonds is 6. The minimum absolute atomic E-state index is 0.386. The molecule has 0 aliphatic heterocycles. The van der Waals surface area contributed by atoms with Gasteiger partial charge in [0.1, 0.15) is 11.6 Å². The van der Waals surface area contributed by atoms with Gasteiger partial charge in [0, 0.05) is 17.4 Å². The van der Waals surface area contributed by atoms with Gasteiger partial charge in [-0.15, -0.1) is 0 Å². The Morgan fingerprint density at radius 1 is 1.00 bits per heavy atom. The summed E-state index contributed by atoms with van der Waals surface area (Å²) >= 11 is 6.25. The molecule has 0 spiro atoms. The lowest BCUT2D eigenvalue weighted by atomic mass is 10.2. The van der Waals surface area contributed by atoms with Crippen molar-refractivity contribution in [3.63, 3.8) is 0 Å². The molecule has 0 aliphatic carbocycles. The Balaban J connectivity index is 1.84. The average molecular weight is 399 g/mol. The van der Waals surface area contributed by atoms with Crippen molar-refractivity contribution < 1.29 is 14.3 Å². The number of carbonyl (C=O) groups excluding carboxylic acids is 1. The number of aryl methyl sites for hydroxylation is 1. The monoisotopic (exact) mass is 398 g/mol. The van der Waals surface area contributed by atoms with Crippen LogP contribution in [-0.4, -0.2) is 30.2 Å². The molecular formula is C20H19ClN4O3. The van der Waals surface area contributed by atoms with Crippen LogP contribution < -0.4 is 15.4 Å². The molecule has 0 saturated carbocycles. The van der Waals surface area contributed by atoms with Crippen LogP contribution in [0.25, 0.3) is 0 Å². The van der Waals surface area contributed by atoms with Crippen LogP contribution in [0.4, 0.5) is 23.1 Å². The van der Waals surface area contributed by atoms with Crippen LogP contribution in [0.5, 0.6) is 5.75 Å². The zero-order chi connectivity index (χ0) is 20.1. The molecule has 1 aromatic heterocycles. The Labute approximate surface area is 167 Å². The van der Waals surface area contributed by atoms with E-state index in [0.717, 1.165) is 17.1 Å². The fraction of sp³-hybridized carbons (Fsp3) is 0.150. The molecule has 144 valence electrons. The number of methoxy groups -OCH3 is 2. The van der Waals surface area contributed by atoms with E-state index in [9.17, 15) is 4.79 Å². The lowest BCUT2D eigenvalue weighted by Gasteiger charge is -2.12. The first-order chi connectivity index (χ1) is 13.5. The molecule has 0 bridgehead atoms. The molecule has 0 saturated heterocycles. The summed E-state index contributed by atoms with van der Waals surface area (Å²) in [5, 5.41) is 6.73. The predicted molar refractivity (Wildman–Crippen MR) is 109 cm³/mol. The van der Waals surface area contributed by atoms with Gasteiger partial charge in [0.15, 0.2) is 0 Å². The normalized spacial score (nSPS) is 10.3. The molecule has 3 rings (SSSR count). The zero-order valence-electron chi connectivity index (χ0n) is 15.6. The summed E-state index contributed by atoms with van der Waals surface area (Å²) in [6.07, 6.45) is 0. The number of benzene rings is 2. The summed E-state index contributed by atoms with van der Waals surface area (Å²) in [5.41, 5.74) is 2.51. The fourth-order valence-electron chi connectivity index (χ4n) is 2.50. The molecule has 0 aliphatic rings. The lowest BCUT2D eigenvalue weighted by Crippen LogP contribution is -2.04. The minimum atomic E-state index is -0.444. The minimum Gasteiger partial charge on any atom is -0.497 e. The lowest BCUT2D eigenvalue weighted by molar-refractivity contribution is 0.0601. The van der Waals surface area contributed by atoms with E-state index in [4.69, 9.17) is 21.1 Å². The SMILES string of the molecule is COC(=O)c1ccc(Cl)c(Nc2cc(C)nc(Nc3ccc(OC)cc3)n2)c1. The van der Waals surface area contributed by atoms with Crippen molar-refractivity contribution in [2.75, 3.05) is 24.9 Å². The first-order valence-electron chi connectivity index (χ1n) is 8.40. The summed E-state index contributed by atoms with van der Waals surface area (Å²) < 4.78 is 9.90. The maximum atomic E-state index is 11.7. The number of halogens is 1. The Bertz CT molecular complexity index is 993. The Kier molecular flexibility index (Phi) is 5.96. The van der Waals surface area contributed by atoms with E-state index in [0.29, 0.717) is 28.0 Å². The van der Waals surface area contributed by atoms with E-state index in [1.54, 1.807) is 31.4 Å². The van der Waals surface area contributed by atoms with Crippen molar-refractivity contribution in [3.05, 3.63) is 64.8 Å². The summed E-state index contributed by atoms with van der Waals surface area (Å²) in [5.74, 6) is 1.28. The fourth-order valence-corrected chi connectivity index (χ4v) is 2.66. The summed E-state index contributed by atoms with van der Waals surface area (Å²) in [4.78, 5) is 20.6. The van der Waals surface area contributed by atoms with Gasteiger partial charge in [0.2, 0.25) is 5.95 Å². The highest BCUT2D eigenvalue weighted by molar-refractivity contribution is 6.33. The first kappa shape index (κ1) is 19.4. The third-order valence-corrected chi connectivity index (χ3v) is 4.18. The van der Waals surface area contributed by atoms with Crippen LogP contribution in [0, 0.1) is 6.92 Å². The molecular weight excluding hydrogens is 380 g/mol. The maximum absolute atomic E-state index is 11.7. The van der Waals surface area contributed by atoms with Crippen LogP contribution in [0.15, 0.2) is 48.5 Å². The van der Waals surface area contributed by atoms with E-state index in [1.165, 1.54) is 7.11 Å². The van der Waals surface area contributed by atoms with Gasteiger partial charge < -0.3 is 20.1 Å². The van der Waals surface area contributed by atoms with Gasteiger partial charge in [0.25, 0.3) is 0 Å². The van der Waals surface area contributed by atoms with Crippen LogP contribution in [-0.2, 0) is 4.74 Å². The molecule has 2 aromatic carbocycles. The first-order valence-corrected chi connectivity index (χ1v) is 8.78. The molecule has 8 heteroatoms. The van der Waals surface area contributed by atoms with Crippen molar-refractivity contribution in [2.24, 2.45) is 0 Å². The highest BCUT2D eigenvalue weighted by Crippen LogP contribution is 2.27. The van der Waals surface area contributed by atoms with Gasteiger partial charge in [-0.05, 0) is 49.4 Å². The van der Waals surface area contributed by atoms with Gasteiger partial charge in [-0.1, -0.05) is 11.6 Å². The van der Waals surface area contributed by atoms with Crippen LogP contribution >= 0.6 is 11.6 Å². The summed E-state index contributed by atoms with van der Waals surface area (Å²) in [7, 11) is 2.94. The third-order valence-electron chi connectivity index (χ3n) is 3.85. The van der Waals surface area contributed by atoms with Crippen molar-refractivity contribution in [3.8, 4) is 5.75 Å². The Hall–Kier alpha value is -3.32. The topological polar surface area (TPSA) is 85.4 Å². The van der Waals surface area contributed by atoms with E-state index in [-0.39, 0.29) is 0 Å². The second kappa shape index (κ2) is 8.58. The van der Waals surface area contributed by atoms with E-state index < -0.39 is 5.97 Å². The third kappa shape index (κ3) is 4.69. The average Bonchev–Trinajstić information content (AvgIpc) is 2.69. The van der Waals surface area contributed by atoms with E-state index in [2.05, 4.69) is 20.6 Å². The molecule has 3 aromatic rings. The van der Waals surface area contributed by atoms with Gasteiger partial charge in [-0.25, -0.2) is 9.78 Å². The van der Waals surface area contributed by atoms with Crippen molar-refractivity contribution >= 4 is 40.7 Å². The largest absolute Gasteiger partial charge is 0.497 e. The molecule has 2 N–H and O–H groups in total. The second-order valence-corrected chi connectivity index (χ2v) is 6.29. The summed E-state index contributed by atoms with van der Waals surface area (Å²) in [6, 6.07) is 14.0. The van der Waals surface area contributed by atoms with Crippen LogP contribution in [0.1, 0.15) is 16.1 Å². The number of esters is 1. The molecule has 28 heavy (non-hydrogen) atoms. The maximum Gasteiger partial charge on any atom is 0.337 e. The Morgan fingerprint density at radius 3 is 2.43 bits per heavy atom. The molecule has 0 radical (unpaired) electrons. The molecule has 0 unspecified atom stereocenters.